The summed E-state index contributed by atoms with van der Waals surface area (Å²) in [5, 5.41) is 20.1. The number of fused-ring (bicyclic) bond motifs is 2. The molecule has 0 atom stereocenters. The van der Waals surface area contributed by atoms with Crippen LogP contribution in [0.4, 0.5) is 15.6 Å². The van der Waals surface area contributed by atoms with E-state index in [1.807, 2.05) is 31.2 Å². The summed E-state index contributed by atoms with van der Waals surface area (Å²) >= 11 is 1.35. The van der Waals surface area contributed by atoms with Crippen LogP contribution in [-0.2, 0) is 6.42 Å². The molecule has 0 aliphatic rings. The lowest BCUT2D eigenvalue weighted by molar-refractivity contribution is 0.0697. The van der Waals surface area contributed by atoms with Crippen molar-refractivity contribution in [2.24, 2.45) is 0 Å². The van der Waals surface area contributed by atoms with Gasteiger partial charge in [-0.15, -0.1) is 0 Å². The zero-order valence-corrected chi connectivity index (χ0v) is 19.6. The van der Waals surface area contributed by atoms with Gasteiger partial charge in [-0.1, -0.05) is 30.4 Å². The predicted molar refractivity (Wildman–Crippen MR) is 134 cm³/mol. The van der Waals surface area contributed by atoms with Crippen LogP contribution in [-0.4, -0.2) is 43.8 Å². The predicted octanol–water partition coefficient (Wildman–Crippen LogP) is 4.92. The smallest absolute Gasteiger partial charge is 0.341 e. The van der Waals surface area contributed by atoms with Gasteiger partial charge in [-0.3, -0.25) is 5.32 Å². The molecular weight excluding hydrogens is 468 g/mol. The number of carboxylic acid groups (broad SMARTS) is 1. The number of amides is 2. The van der Waals surface area contributed by atoms with Gasteiger partial charge in [-0.25, -0.2) is 24.1 Å². The third kappa shape index (κ3) is 4.24. The summed E-state index contributed by atoms with van der Waals surface area (Å²) in [7, 11) is 1.60. The van der Waals surface area contributed by atoms with E-state index >= 15 is 0 Å². The van der Waals surface area contributed by atoms with E-state index < -0.39 is 12.0 Å². The van der Waals surface area contributed by atoms with Crippen molar-refractivity contribution in [3.05, 3.63) is 66.0 Å². The summed E-state index contributed by atoms with van der Waals surface area (Å²) in [6.45, 7) is 1.85. The average Bonchev–Trinajstić information content (AvgIpc) is 3.43. The number of nitrogens with zero attached hydrogens (tertiary/aromatic N) is 4. The van der Waals surface area contributed by atoms with E-state index in [1.54, 1.807) is 37.6 Å². The summed E-state index contributed by atoms with van der Waals surface area (Å²) in [6, 6.07) is 14.0. The van der Waals surface area contributed by atoms with Crippen molar-refractivity contribution >= 4 is 50.0 Å². The van der Waals surface area contributed by atoms with Crippen molar-refractivity contribution in [2.75, 3.05) is 17.7 Å². The van der Waals surface area contributed by atoms with Gasteiger partial charge in [0.2, 0.25) is 0 Å². The van der Waals surface area contributed by atoms with Crippen molar-refractivity contribution < 1.29 is 19.4 Å². The van der Waals surface area contributed by atoms with Gasteiger partial charge in [0.1, 0.15) is 11.3 Å². The van der Waals surface area contributed by atoms with E-state index in [9.17, 15) is 14.7 Å². The molecule has 5 aromatic rings. The van der Waals surface area contributed by atoms with E-state index in [2.05, 4.69) is 25.7 Å². The molecule has 0 radical (unpaired) electrons. The Kier molecular flexibility index (Phi) is 5.75. The van der Waals surface area contributed by atoms with Crippen LogP contribution in [0.3, 0.4) is 0 Å². The molecule has 11 heteroatoms. The molecule has 0 aliphatic heterocycles. The van der Waals surface area contributed by atoms with Crippen LogP contribution in [0.25, 0.3) is 27.1 Å². The van der Waals surface area contributed by atoms with E-state index in [4.69, 9.17) is 4.74 Å². The molecule has 3 aromatic heterocycles. The summed E-state index contributed by atoms with van der Waals surface area (Å²) in [5.74, 6) is -0.347. The Morgan fingerprint density at radius 2 is 2.00 bits per heavy atom. The Bertz CT molecular complexity index is 1590. The fourth-order valence-electron chi connectivity index (χ4n) is 3.78. The number of benzene rings is 2. The third-order valence-corrected chi connectivity index (χ3v) is 6.31. The lowest BCUT2D eigenvalue weighted by atomic mass is 10.1. The molecule has 0 spiro atoms. The highest BCUT2D eigenvalue weighted by atomic mass is 32.1. The Morgan fingerprint density at radius 1 is 1.14 bits per heavy atom. The maximum atomic E-state index is 12.6. The molecule has 3 heterocycles. The number of nitrogens with one attached hydrogen (secondary N) is 2. The normalized spacial score (nSPS) is 11.0. The molecule has 5 rings (SSSR count). The minimum absolute atomic E-state index is 0.0939. The Hall–Kier alpha value is -4.51. The van der Waals surface area contributed by atoms with Gasteiger partial charge in [0.25, 0.3) is 0 Å². The number of aryl methyl sites for hydroxylation is 1. The first-order valence-corrected chi connectivity index (χ1v) is 11.5. The highest BCUT2D eigenvalue weighted by molar-refractivity contribution is 7.22. The first kappa shape index (κ1) is 22.3. The average molecular weight is 489 g/mol. The summed E-state index contributed by atoms with van der Waals surface area (Å²) < 4.78 is 7.65. The van der Waals surface area contributed by atoms with Crippen LogP contribution in [0.2, 0.25) is 0 Å². The Labute approximate surface area is 203 Å². The number of anilines is 2. The van der Waals surface area contributed by atoms with Gasteiger partial charge in [0.15, 0.2) is 10.8 Å². The van der Waals surface area contributed by atoms with Gasteiger partial charge in [0, 0.05) is 17.4 Å². The lowest BCUT2D eigenvalue weighted by Gasteiger charge is -2.09. The van der Waals surface area contributed by atoms with E-state index in [-0.39, 0.29) is 11.2 Å². The monoisotopic (exact) mass is 488 g/mol. The molecule has 2 amide bonds. The van der Waals surface area contributed by atoms with E-state index in [0.717, 1.165) is 21.5 Å². The lowest BCUT2D eigenvalue weighted by Crippen LogP contribution is -2.19. The van der Waals surface area contributed by atoms with Crippen molar-refractivity contribution in [3.63, 3.8) is 0 Å². The number of hydrogen-bond acceptors (Lipinski definition) is 7. The zero-order valence-electron chi connectivity index (χ0n) is 18.8. The number of aromatic carboxylic acids is 1. The van der Waals surface area contributed by atoms with Crippen molar-refractivity contribution in [3.8, 4) is 17.0 Å². The molecule has 0 unspecified atom stereocenters. The topological polar surface area (TPSA) is 131 Å². The SMILES string of the molecule is CCc1nn2c(-c3cccc(NC(=O)Nc4nc5ccc(OC)cc5s4)c3)ccnc2c1C(=O)O. The van der Waals surface area contributed by atoms with Crippen LogP contribution >= 0.6 is 11.3 Å². The first-order valence-electron chi connectivity index (χ1n) is 10.7. The number of carboxylic acids is 1. The summed E-state index contributed by atoms with van der Waals surface area (Å²) in [4.78, 5) is 33.0. The molecule has 3 N–H and O–H groups in total. The number of carbonyl (C=O) groups is 2. The van der Waals surface area contributed by atoms with Crippen LogP contribution in [0.1, 0.15) is 23.0 Å². The molecule has 10 nitrogen and oxygen atoms in total. The maximum Gasteiger partial charge on any atom is 0.341 e. The third-order valence-electron chi connectivity index (χ3n) is 5.37. The molecule has 0 bridgehead atoms. The zero-order chi connectivity index (χ0) is 24.5. The number of carbonyl (C=O) groups excluding carboxylic acids is 1. The van der Waals surface area contributed by atoms with E-state index in [0.29, 0.717) is 28.6 Å². The number of ether oxygens (including phenoxy) is 1. The molecule has 176 valence electrons. The fraction of sp³-hybridized carbons (Fsp3) is 0.125. The second kappa shape index (κ2) is 9.03. The molecule has 35 heavy (non-hydrogen) atoms. The van der Waals surface area contributed by atoms with Crippen molar-refractivity contribution in [2.45, 2.75) is 13.3 Å². The van der Waals surface area contributed by atoms with Crippen LogP contribution in [0.5, 0.6) is 5.75 Å². The van der Waals surface area contributed by atoms with Gasteiger partial charge in [-0.2, -0.15) is 5.10 Å². The number of thiazole rings is 1. The van der Waals surface area contributed by atoms with E-state index in [1.165, 1.54) is 15.9 Å². The van der Waals surface area contributed by atoms with Crippen LogP contribution in [0, 0.1) is 0 Å². The number of methoxy groups -OCH3 is 1. The second-order valence-electron chi connectivity index (χ2n) is 7.56. The fourth-order valence-corrected chi connectivity index (χ4v) is 4.66. The molecule has 2 aromatic carbocycles. The van der Waals surface area contributed by atoms with Gasteiger partial charge in [0.05, 0.1) is 28.7 Å². The van der Waals surface area contributed by atoms with Crippen LogP contribution < -0.4 is 15.4 Å². The number of hydrogen-bond donors (Lipinski definition) is 3. The molecule has 0 fully saturated rings. The first-order chi connectivity index (χ1) is 17.0. The quantitative estimate of drug-likeness (QED) is 0.309. The molecule has 0 saturated carbocycles. The second-order valence-corrected chi connectivity index (χ2v) is 8.59. The van der Waals surface area contributed by atoms with Gasteiger partial charge >= 0.3 is 12.0 Å². The van der Waals surface area contributed by atoms with Crippen molar-refractivity contribution in [1.29, 1.82) is 0 Å². The maximum absolute atomic E-state index is 12.6. The summed E-state index contributed by atoms with van der Waals surface area (Å²) in [6.07, 6.45) is 2.01. The molecule has 0 saturated heterocycles. The standard InChI is InChI=1S/C24H20N6O4S/c1-3-16-20(22(31)32)21-25-10-9-18(30(21)29-16)13-5-4-6-14(11-13)26-23(33)28-24-27-17-8-7-15(34-2)12-19(17)35-24/h4-12H,3H2,1-2H3,(H,31,32)(H2,26,27,28,33). The van der Waals surface area contributed by atoms with Gasteiger partial charge in [-0.05, 0) is 42.8 Å². The number of aromatic nitrogens is 4. The minimum Gasteiger partial charge on any atom is -0.497 e. The van der Waals surface area contributed by atoms with Gasteiger partial charge < -0.3 is 15.2 Å². The highest BCUT2D eigenvalue weighted by Crippen LogP contribution is 2.30. The molecule has 0 aliphatic carbocycles. The largest absolute Gasteiger partial charge is 0.497 e. The summed E-state index contributed by atoms with van der Waals surface area (Å²) in [5.41, 5.74) is 3.53. The Morgan fingerprint density at radius 3 is 2.77 bits per heavy atom. The van der Waals surface area contributed by atoms with Crippen molar-refractivity contribution in [1.82, 2.24) is 19.6 Å². The molecular formula is C24H20N6O4S. The highest BCUT2D eigenvalue weighted by Gasteiger charge is 2.21. The van der Waals surface area contributed by atoms with Crippen LogP contribution in [0.15, 0.2) is 54.7 Å². The number of rotatable bonds is 6. The Balaban J connectivity index is 1.40. The minimum atomic E-state index is -1.07. The number of urea groups is 1.